The maximum absolute atomic E-state index is 12.6. The van der Waals surface area contributed by atoms with E-state index in [2.05, 4.69) is 0 Å². The Bertz CT molecular complexity index is 604. The highest BCUT2D eigenvalue weighted by atomic mass is 16.4. The molecule has 0 bridgehead atoms. The molecule has 1 aliphatic carbocycles. The minimum absolute atomic E-state index is 0.180. The SMILES string of the molecule is CC1CCCC(C(=O)O)(N2C(=O)c3ccccc3C2=O)C1. The zero-order valence-electron chi connectivity index (χ0n) is 11.8. The summed E-state index contributed by atoms with van der Waals surface area (Å²) >= 11 is 0. The lowest BCUT2D eigenvalue weighted by molar-refractivity contribution is -0.151. The van der Waals surface area contributed by atoms with Crippen LogP contribution in [0.25, 0.3) is 0 Å². The van der Waals surface area contributed by atoms with Crippen molar-refractivity contribution in [2.24, 2.45) is 5.92 Å². The highest BCUT2D eigenvalue weighted by Gasteiger charge is 2.55. The Hall–Kier alpha value is -2.17. The minimum atomic E-state index is -1.40. The summed E-state index contributed by atoms with van der Waals surface area (Å²) < 4.78 is 0. The van der Waals surface area contributed by atoms with E-state index < -0.39 is 23.3 Å². The maximum Gasteiger partial charge on any atom is 0.330 e. The van der Waals surface area contributed by atoms with E-state index in [0.717, 1.165) is 11.3 Å². The molecule has 0 saturated heterocycles. The van der Waals surface area contributed by atoms with Gasteiger partial charge in [-0.25, -0.2) is 4.79 Å². The Morgan fingerprint density at radius 3 is 2.29 bits per heavy atom. The van der Waals surface area contributed by atoms with Crippen LogP contribution in [0.3, 0.4) is 0 Å². The number of nitrogens with zero attached hydrogens (tertiary/aromatic N) is 1. The molecule has 1 aromatic rings. The van der Waals surface area contributed by atoms with Crippen molar-refractivity contribution in [1.82, 2.24) is 4.90 Å². The van der Waals surface area contributed by atoms with E-state index in [1.807, 2.05) is 6.92 Å². The number of fused-ring (bicyclic) bond motifs is 1. The number of rotatable bonds is 2. The van der Waals surface area contributed by atoms with E-state index in [1.165, 1.54) is 0 Å². The van der Waals surface area contributed by atoms with Gasteiger partial charge >= 0.3 is 5.97 Å². The van der Waals surface area contributed by atoms with Gasteiger partial charge in [0.2, 0.25) is 0 Å². The number of hydrogen-bond donors (Lipinski definition) is 1. The van der Waals surface area contributed by atoms with Crippen LogP contribution in [0.4, 0.5) is 0 Å². The van der Waals surface area contributed by atoms with Crippen LogP contribution in [-0.2, 0) is 4.79 Å². The molecule has 3 rings (SSSR count). The molecule has 0 radical (unpaired) electrons. The fraction of sp³-hybridized carbons (Fsp3) is 0.438. The third kappa shape index (κ3) is 1.87. The fourth-order valence-corrected chi connectivity index (χ4v) is 3.59. The summed E-state index contributed by atoms with van der Waals surface area (Å²) in [6.45, 7) is 1.97. The molecule has 1 aliphatic heterocycles. The number of hydrogen-bond acceptors (Lipinski definition) is 3. The van der Waals surface area contributed by atoms with Crippen LogP contribution in [-0.4, -0.2) is 33.3 Å². The predicted octanol–water partition coefficient (Wildman–Crippen LogP) is 2.32. The summed E-state index contributed by atoms with van der Waals surface area (Å²) in [6.07, 6.45) is 2.30. The summed E-state index contributed by atoms with van der Waals surface area (Å²) in [5.41, 5.74) is -0.784. The van der Waals surface area contributed by atoms with Crippen LogP contribution in [0, 0.1) is 5.92 Å². The second-order valence-electron chi connectivity index (χ2n) is 6.03. The molecule has 1 aromatic carbocycles. The number of aliphatic carboxylic acids is 1. The summed E-state index contributed by atoms with van der Waals surface area (Å²) in [6, 6.07) is 6.53. The van der Waals surface area contributed by atoms with Crippen LogP contribution in [0.1, 0.15) is 53.3 Å². The van der Waals surface area contributed by atoms with Gasteiger partial charge in [0.25, 0.3) is 11.8 Å². The number of imide groups is 1. The van der Waals surface area contributed by atoms with Crippen molar-refractivity contribution in [1.29, 1.82) is 0 Å². The van der Waals surface area contributed by atoms with Gasteiger partial charge < -0.3 is 5.11 Å². The van der Waals surface area contributed by atoms with E-state index in [1.54, 1.807) is 24.3 Å². The van der Waals surface area contributed by atoms with E-state index in [4.69, 9.17) is 0 Å². The fourth-order valence-electron chi connectivity index (χ4n) is 3.59. The highest BCUT2D eigenvalue weighted by molar-refractivity contribution is 6.23. The molecular formula is C16H17NO4. The van der Waals surface area contributed by atoms with Crippen LogP contribution >= 0.6 is 0 Å². The largest absolute Gasteiger partial charge is 0.479 e. The van der Waals surface area contributed by atoms with Crippen molar-refractivity contribution in [2.45, 2.75) is 38.1 Å². The maximum atomic E-state index is 12.6. The average molecular weight is 287 g/mol. The van der Waals surface area contributed by atoms with E-state index >= 15 is 0 Å². The van der Waals surface area contributed by atoms with Gasteiger partial charge in [0.15, 0.2) is 0 Å². The molecule has 110 valence electrons. The van der Waals surface area contributed by atoms with Gasteiger partial charge in [-0.05, 0) is 30.9 Å². The van der Waals surface area contributed by atoms with Gasteiger partial charge in [0, 0.05) is 0 Å². The molecule has 1 saturated carbocycles. The number of carboxylic acids is 1. The van der Waals surface area contributed by atoms with Crippen molar-refractivity contribution in [2.75, 3.05) is 0 Å². The highest BCUT2D eigenvalue weighted by Crippen LogP contribution is 2.41. The number of carboxylic acid groups (broad SMARTS) is 1. The minimum Gasteiger partial charge on any atom is -0.479 e. The molecule has 5 heteroatoms. The summed E-state index contributed by atoms with van der Waals surface area (Å²) in [7, 11) is 0. The van der Waals surface area contributed by atoms with Crippen molar-refractivity contribution in [3.8, 4) is 0 Å². The first-order valence-electron chi connectivity index (χ1n) is 7.19. The molecule has 21 heavy (non-hydrogen) atoms. The number of carbonyl (C=O) groups is 3. The van der Waals surface area contributed by atoms with Crippen LogP contribution in [0.2, 0.25) is 0 Å². The van der Waals surface area contributed by atoms with Gasteiger partial charge in [-0.1, -0.05) is 31.9 Å². The lowest BCUT2D eigenvalue weighted by Crippen LogP contribution is -2.59. The lowest BCUT2D eigenvalue weighted by atomic mass is 9.75. The van der Waals surface area contributed by atoms with Gasteiger partial charge in [-0.3, -0.25) is 14.5 Å². The second kappa shape index (κ2) is 4.69. The van der Waals surface area contributed by atoms with Crippen LogP contribution < -0.4 is 0 Å². The monoisotopic (exact) mass is 287 g/mol. The molecular weight excluding hydrogens is 270 g/mol. The van der Waals surface area contributed by atoms with Gasteiger partial charge in [0.05, 0.1) is 11.1 Å². The van der Waals surface area contributed by atoms with Crippen molar-refractivity contribution < 1.29 is 19.5 Å². The Labute approximate surface area is 122 Å². The molecule has 1 heterocycles. The number of amides is 2. The molecule has 0 aromatic heterocycles. The standard InChI is InChI=1S/C16H17NO4/c1-10-5-4-8-16(9-10,15(20)21)17-13(18)11-6-2-3-7-12(11)14(17)19/h2-3,6-7,10H,4-5,8-9H2,1H3,(H,20,21). The van der Waals surface area contributed by atoms with Gasteiger partial charge in [-0.15, -0.1) is 0 Å². The first-order chi connectivity index (χ1) is 9.97. The molecule has 0 spiro atoms. The Kier molecular flexibility index (Phi) is 3.08. The normalized spacial score (nSPS) is 28.6. The third-order valence-electron chi connectivity index (χ3n) is 4.59. The van der Waals surface area contributed by atoms with E-state index in [9.17, 15) is 19.5 Å². The summed E-state index contributed by atoms with van der Waals surface area (Å²) in [4.78, 5) is 38.0. The lowest BCUT2D eigenvalue weighted by Gasteiger charge is -2.41. The van der Waals surface area contributed by atoms with E-state index in [-0.39, 0.29) is 5.92 Å². The molecule has 2 atom stereocenters. The molecule has 1 N–H and O–H groups in total. The Morgan fingerprint density at radius 1 is 1.24 bits per heavy atom. The van der Waals surface area contributed by atoms with Crippen molar-refractivity contribution in [3.63, 3.8) is 0 Å². The zero-order valence-corrected chi connectivity index (χ0v) is 11.8. The van der Waals surface area contributed by atoms with Gasteiger partial charge in [0.1, 0.15) is 5.54 Å². The van der Waals surface area contributed by atoms with E-state index in [0.29, 0.717) is 30.4 Å². The Balaban J connectivity index is 2.09. The van der Waals surface area contributed by atoms with Crippen LogP contribution in [0.15, 0.2) is 24.3 Å². The summed E-state index contributed by atoms with van der Waals surface area (Å²) in [5.74, 6) is -1.86. The van der Waals surface area contributed by atoms with Crippen LogP contribution in [0.5, 0.6) is 0 Å². The molecule has 5 nitrogen and oxygen atoms in total. The molecule has 2 amide bonds. The first-order valence-corrected chi connectivity index (χ1v) is 7.19. The molecule has 2 unspecified atom stereocenters. The average Bonchev–Trinajstić information content (AvgIpc) is 2.71. The second-order valence-corrected chi connectivity index (χ2v) is 6.03. The van der Waals surface area contributed by atoms with Crippen molar-refractivity contribution >= 4 is 17.8 Å². The third-order valence-corrected chi connectivity index (χ3v) is 4.59. The summed E-state index contributed by atoms with van der Waals surface area (Å²) in [5, 5.41) is 9.74. The first kappa shape index (κ1) is 13.8. The zero-order chi connectivity index (χ0) is 15.2. The topological polar surface area (TPSA) is 74.7 Å². The quantitative estimate of drug-likeness (QED) is 0.847. The van der Waals surface area contributed by atoms with Crippen molar-refractivity contribution in [3.05, 3.63) is 35.4 Å². The number of benzene rings is 1. The number of carbonyl (C=O) groups excluding carboxylic acids is 2. The molecule has 1 fully saturated rings. The predicted molar refractivity (Wildman–Crippen MR) is 74.9 cm³/mol. The molecule has 2 aliphatic rings. The Morgan fingerprint density at radius 2 is 1.81 bits per heavy atom. The van der Waals surface area contributed by atoms with Gasteiger partial charge in [-0.2, -0.15) is 0 Å². The smallest absolute Gasteiger partial charge is 0.330 e.